The molecule has 3 saturated carbocycles. The van der Waals surface area contributed by atoms with Crippen LogP contribution in [0.4, 0.5) is 8.78 Å². The molecular weight excluding hydrogens is 456 g/mol. The van der Waals surface area contributed by atoms with E-state index in [2.05, 4.69) is 9.71 Å². The molecule has 0 unspecified atom stereocenters. The summed E-state index contributed by atoms with van der Waals surface area (Å²) in [6, 6.07) is 2.57. The number of carbonyl (C=O) groups is 1. The molecule has 2 aromatic rings. The fraction of sp³-hybridized carbons (Fsp3) is 0.545. The Labute approximate surface area is 190 Å². The van der Waals surface area contributed by atoms with Crippen molar-refractivity contribution in [1.29, 1.82) is 0 Å². The van der Waals surface area contributed by atoms with Gasteiger partial charge in [0.15, 0.2) is 0 Å². The van der Waals surface area contributed by atoms with Gasteiger partial charge >= 0.3 is 0 Å². The summed E-state index contributed by atoms with van der Waals surface area (Å²) in [6.45, 7) is 2.10. The first-order valence-electron chi connectivity index (χ1n) is 10.9. The van der Waals surface area contributed by atoms with Gasteiger partial charge in [0.1, 0.15) is 16.6 Å². The highest BCUT2D eigenvalue weighted by Gasteiger charge is 2.63. The van der Waals surface area contributed by atoms with Crippen molar-refractivity contribution in [2.45, 2.75) is 51.1 Å². The van der Waals surface area contributed by atoms with Gasteiger partial charge < -0.3 is 4.90 Å². The van der Waals surface area contributed by atoms with Crippen molar-refractivity contribution in [1.82, 2.24) is 14.6 Å². The summed E-state index contributed by atoms with van der Waals surface area (Å²) in [6.07, 6.45) is 3.75. The average Bonchev–Trinajstić information content (AvgIpc) is 3.26. The molecule has 1 aromatic carbocycles. The maximum Gasteiger partial charge on any atom is 0.229 e. The van der Waals surface area contributed by atoms with Crippen molar-refractivity contribution in [3.8, 4) is 10.6 Å². The van der Waals surface area contributed by atoms with E-state index in [-0.39, 0.29) is 29.2 Å². The Balaban J connectivity index is 1.39. The van der Waals surface area contributed by atoms with Gasteiger partial charge in [0.25, 0.3) is 0 Å². The number of amides is 1. The van der Waals surface area contributed by atoms with E-state index in [9.17, 15) is 22.0 Å². The summed E-state index contributed by atoms with van der Waals surface area (Å²) < 4.78 is 54.5. The van der Waals surface area contributed by atoms with Crippen molar-refractivity contribution >= 4 is 27.3 Å². The van der Waals surface area contributed by atoms with Crippen LogP contribution in [0.1, 0.15) is 38.3 Å². The third kappa shape index (κ3) is 3.86. The molecule has 0 spiro atoms. The number of aromatic nitrogens is 1. The Morgan fingerprint density at radius 2 is 1.94 bits per heavy atom. The molecule has 1 amide bonds. The predicted molar refractivity (Wildman–Crippen MR) is 117 cm³/mol. The number of nitrogens with zero attached hydrogens (tertiary/aromatic N) is 2. The number of likely N-dealkylation sites (tertiary alicyclic amines) is 1. The monoisotopic (exact) mass is 481 g/mol. The van der Waals surface area contributed by atoms with Crippen LogP contribution in [-0.4, -0.2) is 48.6 Å². The second-order valence-corrected chi connectivity index (χ2v) is 12.1. The number of benzene rings is 1. The number of sulfonamides is 1. The van der Waals surface area contributed by atoms with Crippen LogP contribution in [0.5, 0.6) is 0 Å². The summed E-state index contributed by atoms with van der Waals surface area (Å²) in [7, 11) is -3.43. The molecule has 172 valence electrons. The smallest absolute Gasteiger partial charge is 0.229 e. The summed E-state index contributed by atoms with van der Waals surface area (Å²) >= 11 is 1.27. The second kappa shape index (κ2) is 7.85. The molecule has 6 rings (SSSR count). The maximum atomic E-state index is 13.6. The van der Waals surface area contributed by atoms with E-state index in [1.54, 1.807) is 6.92 Å². The Bertz CT molecular complexity index is 1130. The summed E-state index contributed by atoms with van der Waals surface area (Å²) in [5, 5.41) is 2.30. The molecule has 1 aromatic heterocycles. The highest BCUT2D eigenvalue weighted by atomic mass is 32.2. The van der Waals surface area contributed by atoms with Crippen LogP contribution in [0, 0.1) is 23.0 Å². The minimum atomic E-state index is -3.43. The standard InChI is InChI=1S/C22H25F2N3O3S2/c1-2-32(29,30)26-18-3-4-27(21(28)22-9-13(10-22)11-22)19(18)8-17-12-31-20(25-17)14-5-15(23)7-16(24)6-14/h5-7,12-13,18-19,26H,2-4,8-11H2,1H3/t13?,18-,19-,22?/m1/s1. The van der Waals surface area contributed by atoms with Gasteiger partial charge in [-0.2, -0.15) is 0 Å². The third-order valence-corrected chi connectivity index (χ3v) is 9.45. The number of carbonyl (C=O) groups excluding carboxylic acids is 1. The number of hydrogen-bond donors (Lipinski definition) is 1. The fourth-order valence-electron chi connectivity index (χ4n) is 5.28. The normalized spacial score (nSPS) is 29.0. The van der Waals surface area contributed by atoms with E-state index in [1.807, 2.05) is 10.3 Å². The minimum absolute atomic E-state index is 0.0260. The first kappa shape index (κ1) is 21.9. The zero-order valence-electron chi connectivity index (χ0n) is 17.7. The minimum Gasteiger partial charge on any atom is -0.337 e. The quantitative estimate of drug-likeness (QED) is 0.658. The lowest BCUT2D eigenvalue weighted by atomic mass is 9.44. The molecule has 3 aliphatic carbocycles. The van der Waals surface area contributed by atoms with Gasteiger partial charge in [-0.3, -0.25) is 4.79 Å². The Morgan fingerprint density at radius 3 is 2.53 bits per heavy atom. The van der Waals surface area contributed by atoms with Crippen LogP contribution in [0.3, 0.4) is 0 Å². The molecule has 1 N–H and O–H groups in total. The van der Waals surface area contributed by atoms with Gasteiger partial charge in [0.05, 0.1) is 22.9 Å². The largest absolute Gasteiger partial charge is 0.337 e. The van der Waals surface area contributed by atoms with Gasteiger partial charge in [0, 0.05) is 36.0 Å². The molecule has 1 saturated heterocycles. The third-order valence-electron chi connectivity index (χ3n) is 7.09. The first-order valence-corrected chi connectivity index (χ1v) is 13.4. The highest BCUT2D eigenvalue weighted by Crippen LogP contribution is 2.65. The lowest BCUT2D eigenvalue weighted by molar-refractivity contribution is -0.177. The summed E-state index contributed by atoms with van der Waals surface area (Å²) in [5.74, 6) is -0.566. The van der Waals surface area contributed by atoms with E-state index in [4.69, 9.17) is 0 Å². The molecule has 6 nitrogen and oxygen atoms in total. The van der Waals surface area contributed by atoms with Crippen molar-refractivity contribution in [2.24, 2.45) is 11.3 Å². The van der Waals surface area contributed by atoms with Crippen LogP contribution in [0.25, 0.3) is 10.6 Å². The Kier molecular flexibility index (Phi) is 5.37. The first-order chi connectivity index (χ1) is 15.2. The van der Waals surface area contributed by atoms with Gasteiger partial charge in [-0.1, -0.05) is 0 Å². The predicted octanol–water partition coefficient (Wildman–Crippen LogP) is 3.34. The molecular formula is C22H25F2N3O3S2. The maximum absolute atomic E-state index is 13.6. The molecule has 2 heterocycles. The molecule has 2 bridgehead atoms. The molecule has 0 radical (unpaired) electrons. The topological polar surface area (TPSA) is 79.4 Å². The lowest BCUT2D eigenvalue weighted by Crippen LogP contribution is -2.62. The number of rotatable bonds is 7. The van der Waals surface area contributed by atoms with Crippen molar-refractivity contribution in [2.75, 3.05) is 12.3 Å². The van der Waals surface area contributed by atoms with Crippen LogP contribution < -0.4 is 4.72 Å². The van der Waals surface area contributed by atoms with Crippen molar-refractivity contribution in [3.05, 3.63) is 40.9 Å². The zero-order chi connectivity index (χ0) is 22.7. The molecule has 10 heteroatoms. The van der Waals surface area contributed by atoms with Crippen LogP contribution in [-0.2, 0) is 21.2 Å². The van der Waals surface area contributed by atoms with Gasteiger partial charge in [-0.15, -0.1) is 11.3 Å². The van der Waals surface area contributed by atoms with Crippen LogP contribution >= 0.6 is 11.3 Å². The summed E-state index contributed by atoms with van der Waals surface area (Å²) in [5.41, 5.74) is 0.793. The lowest BCUT2D eigenvalue weighted by Gasteiger charge is -2.61. The van der Waals surface area contributed by atoms with Crippen molar-refractivity contribution in [3.63, 3.8) is 0 Å². The fourth-order valence-corrected chi connectivity index (χ4v) is 7.00. The van der Waals surface area contributed by atoms with Crippen molar-refractivity contribution < 1.29 is 22.0 Å². The molecule has 1 aliphatic heterocycles. The van der Waals surface area contributed by atoms with E-state index in [0.29, 0.717) is 41.6 Å². The van der Waals surface area contributed by atoms with Gasteiger partial charge in [-0.25, -0.2) is 26.9 Å². The summed E-state index contributed by atoms with van der Waals surface area (Å²) in [4.78, 5) is 19.7. The average molecular weight is 482 g/mol. The van der Waals surface area contributed by atoms with E-state index < -0.39 is 21.7 Å². The number of halogens is 2. The molecule has 2 atom stereocenters. The molecule has 4 fully saturated rings. The van der Waals surface area contributed by atoms with E-state index >= 15 is 0 Å². The van der Waals surface area contributed by atoms with Crippen LogP contribution in [0.15, 0.2) is 23.6 Å². The molecule has 32 heavy (non-hydrogen) atoms. The van der Waals surface area contributed by atoms with E-state index in [0.717, 1.165) is 25.3 Å². The SMILES string of the molecule is CCS(=O)(=O)N[C@@H]1CCN(C(=O)C23CC(C2)C3)[C@@H]1Cc1csc(-c2cc(F)cc(F)c2)n1. The zero-order valence-corrected chi connectivity index (χ0v) is 19.3. The second-order valence-electron chi connectivity index (χ2n) is 9.25. The number of thiazole rings is 1. The number of nitrogens with one attached hydrogen (secondary N) is 1. The highest BCUT2D eigenvalue weighted by molar-refractivity contribution is 7.89. The Morgan fingerprint density at radius 1 is 1.25 bits per heavy atom. The number of hydrogen-bond acceptors (Lipinski definition) is 5. The Hall–Kier alpha value is -1.91. The molecule has 4 aliphatic rings. The van der Waals surface area contributed by atoms with Gasteiger partial charge in [-0.05, 0) is 50.7 Å². The van der Waals surface area contributed by atoms with E-state index in [1.165, 1.54) is 23.5 Å². The van der Waals surface area contributed by atoms with Crippen LogP contribution in [0.2, 0.25) is 0 Å². The van der Waals surface area contributed by atoms with Gasteiger partial charge in [0.2, 0.25) is 15.9 Å².